The third-order valence-electron chi connectivity index (χ3n) is 10.6. The molecule has 0 fully saturated rings. The van der Waals surface area contributed by atoms with Gasteiger partial charge in [-0.3, -0.25) is 9.35 Å². The molecule has 0 saturated heterocycles. The van der Waals surface area contributed by atoms with Gasteiger partial charge in [-0.25, -0.2) is 0 Å². The Hall–Kier alpha value is -1.44. The summed E-state index contributed by atoms with van der Waals surface area (Å²) < 4.78 is 32.6. The number of unbranched alkanes of at least 4 members (excludes halogenated alkanes) is 30. The minimum absolute atomic E-state index is 0.279. The van der Waals surface area contributed by atoms with Crippen LogP contribution in [0.25, 0.3) is 0 Å². The zero-order chi connectivity index (χ0) is 39.6. The van der Waals surface area contributed by atoms with E-state index in [1.165, 1.54) is 173 Å². The number of hydrogen-bond donors (Lipinski definition) is 3. The van der Waals surface area contributed by atoms with E-state index in [1.807, 2.05) is 6.08 Å². The summed E-state index contributed by atoms with van der Waals surface area (Å²) in [7, 11) is -4.35. The van der Waals surface area contributed by atoms with Crippen molar-refractivity contribution >= 4 is 16.0 Å². The predicted molar refractivity (Wildman–Crippen MR) is 235 cm³/mol. The molecule has 0 aromatic heterocycles. The first-order chi connectivity index (χ1) is 26.3. The van der Waals surface area contributed by atoms with Crippen molar-refractivity contribution in [2.75, 3.05) is 5.75 Å². The van der Waals surface area contributed by atoms with Gasteiger partial charge in [0.05, 0.1) is 17.9 Å². The molecule has 0 bridgehead atoms. The molecule has 0 saturated carbocycles. The van der Waals surface area contributed by atoms with Crippen molar-refractivity contribution in [3.63, 3.8) is 0 Å². The standard InChI is InChI=1S/C47H89NO5S/c1-3-5-7-9-11-13-15-17-19-21-22-23-24-25-26-27-29-31-33-35-37-39-41-43-47(50)48-45(44-54(51,52)53)46(49)42-40-38-36-34-32-30-28-20-18-16-14-12-10-8-6-4-2/h15,17,21-22,40,42,45-46,49H,3-14,16,18-20,23-39,41,43-44H2,1-2H3,(H,48,50)(H,51,52,53)/b17-15-,22-21-,42-40+. The molecule has 0 spiro atoms. The topological polar surface area (TPSA) is 104 Å². The number of carbonyl (C=O) groups excluding carboxylic acids is 1. The summed E-state index contributed by atoms with van der Waals surface area (Å²) in [6, 6.07) is -1.06. The van der Waals surface area contributed by atoms with E-state index in [9.17, 15) is 22.9 Å². The summed E-state index contributed by atoms with van der Waals surface area (Å²) in [6.45, 7) is 4.53. The Bertz CT molecular complexity index is 992. The van der Waals surface area contributed by atoms with Gasteiger partial charge in [-0.1, -0.05) is 217 Å². The van der Waals surface area contributed by atoms with Gasteiger partial charge in [-0.05, 0) is 51.4 Å². The van der Waals surface area contributed by atoms with E-state index < -0.39 is 28.0 Å². The first kappa shape index (κ1) is 52.6. The molecule has 6 nitrogen and oxygen atoms in total. The van der Waals surface area contributed by atoms with E-state index >= 15 is 0 Å². The smallest absolute Gasteiger partial charge is 0.267 e. The monoisotopic (exact) mass is 780 g/mol. The second kappa shape index (κ2) is 41.2. The number of nitrogens with one attached hydrogen (secondary N) is 1. The van der Waals surface area contributed by atoms with E-state index in [0.717, 1.165) is 44.9 Å². The van der Waals surface area contributed by atoms with Crippen LogP contribution in [0.15, 0.2) is 36.5 Å². The Kier molecular flexibility index (Phi) is 40.1. The lowest BCUT2D eigenvalue weighted by Crippen LogP contribution is -2.46. The highest BCUT2D eigenvalue weighted by molar-refractivity contribution is 7.85. The molecule has 3 N–H and O–H groups in total. The molecule has 0 rings (SSSR count). The minimum atomic E-state index is -4.35. The average molecular weight is 780 g/mol. The lowest BCUT2D eigenvalue weighted by atomic mass is 10.0. The Balaban J connectivity index is 3.83. The van der Waals surface area contributed by atoms with Gasteiger partial charge in [0.1, 0.15) is 0 Å². The van der Waals surface area contributed by atoms with Crippen molar-refractivity contribution in [1.29, 1.82) is 0 Å². The summed E-state index contributed by atoms with van der Waals surface area (Å²) in [5.74, 6) is -0.976. The highest BCUT2D eigenvalue weighted by Gasteiger charge is 2.24. The number of allylic oxidation sites excluding steroid dienone is 5. The van der Waals surface area contributed by atoms with Crippen molar-refractivity contribution in [2.45, 2.75) is 251 Å². The number of carbonyl (C=O) groups is 1. The third kappa shape index (κ3) is 41.7. The van der Waals surface area contributed by atoms with Gasteiger partial charge >= 0.3 is 0 Å². The maximum atomic E-state index is 12.6. The predicted octanol–water partition coefficient (Wildman–Crippen LogP) is 14.1. The summed E-state index contributed by atoms with van der Waals surface area (Å²) in [5.41, 5.74) is 0. The lowest BCUT2D eigenvalue weighted by molar-refractivity contribution is -0.122. The Labute approximate surface area is 336 Å². The summed E-state index contributed by atoms with van der Waals surface area (Å²) in [4.78, 5) is 12.6. The van der Waals surface area contributed by atoms with Crippen molar-refractivity contribution < 1.29 is 22.9 Å². The van der Waals surface area contributed by atoms with E-state index in [1.54, 1.807) is 6.08 Å². The molecular formula is C47H89NO5S. The molecule has 318 valence electrons. The zero-order valence-electron chi connectivity index (χ0n) is 35.6. The molecule has 0 aliphatic heterocycles. The number of amides is 1. The van der Waals surface area contributed by atoms with Gasteiger partial charge in [0.15, 0.2) is 0 Å². The van der Waals surface area contributed by atoms with E-state index in [4.69, 9.17) is 0 Å². The number of aliphatic hydroxyl groups excluding tert-OH is 1. The lowest BCUT2D eigenvalue weighted by Gasteiger charge is -2.21. The first-order valence-electron chi connectivity index (χ1n) is 23.2. The second-order valence-electron chi connectivity index (χ2n) is 16.0. The summed E-state index contributed by atoms with van der Waals surface area (Å²) in [6.07, 6.45) is 54.2. The molecule has 0 radical (unpaired) electrons. The van der Waals surface area contributed by atoms with Crippen molar-refractivity contribution in [1.82, 2.24) is 5.32 Å². The van der Waals surface area contributed by atoms with Gasteiger partial charge in [-0.2, -0.15) is 8.42 Å². The van der Waals surface area contributed by atoms with Gasteiger partial charge in [0.25, 0.3) is 10.1 Å². The molecule has 0 aliphatic rings. The minimum Gasteiger partial charge on any atom is -0.387 e. The van der Waals surface area contributed by atoms with E-state index in [-0.39, 0.29) is 5.91 Å². The van der Waals surface area contributed by atoms with Crippen LogP contribution in [0.4, 0.5) is 0 Å². The fourth-order valence-electron chi connectivity index (χ4n) is 7.07. The van der Waals surface area contributed by atoms with Crippen LogP contribution in [0.2, 0.25) is 0 Å². The number of rotatable bonds is 42. The van der Waals surface area contributed by atoms with Crippen LogP contribution in [0, 0.1) is 0 Å². The van der Waals surface area contributed by atoms with Crippen molar-refractivity contribution in [2.24, 2.45) is 0 Å². The van der Waals surface area contributed by atoms with Crippen molar-refractivity contribution in [3.05, 3.63) is 36.5 Å². The maximum Gasteiger partial charge on any atom is 0.267 e. The second-order valence-corrected chi connectivity index (χ2v) is 17.5. The molecule has 2 unspecified atom stereocenters. The van der Waals surface area contributed by atoms with Crippen LogP contribution in [0.5, 0.6) is 0 Å². The van der Waals surface area contributed by atoms with Gasteiger partial charge in [0.2, 0.25) is 5.91 Å². The largest absolute Gasteiger partial charge is 0.387 e. The highest BCUT2D eigenvalue weighted by atomic mass is 32.2. The van der Waals surface area contributed by atoms with E-state index in [0.29, 0.717) is 6.42 Å². The number of aliphatic hydroxyl groups is 1. The van der Waals surface area contributed by atoms with Gasteiger partial charge in [0, 0.05) is 6.42 Å². The fraction of sp³-hybridized carbons (Fsp3) is 0.851. The van der Waals surface area contributed by atoms with Crippen LogP contribution in [-0.2, 0) is 14.9 Å². The first-order valence-corrected chi connectivity index (χ1v) is 24.8. The van der Waals surface area contributed by atoms with Gasteiger partial charge in [-0.15, -0.1) is 0 Å². The summed E-state index contributed by atoms with van der Waals surface area (Å²) >= 11 is 0. The molecule has 0 aromatic carbocycles. The zero-order valence-corrected chi connectivity index (χ0v) is 36.4. The molecular weight excluding hydrogens is 691 g/mol. The molecule has 0 aliphatic carbocycles. The SMILES string of the molecule is CCCCCCC/C=C\C/C=C\CCCCCCCCCCCCCC(=O)NC(CS(=O)(=O)O)C(O)/C=C/CCCCCCCCCCCCCCCC. The average Bonchev–Trinajstić information content (AvgIpc) is 3.14. The van der Waals surface area contributed by atoms with Gasteiger partial charge < -0.3 is 10.4 Å². The van der Waals surface area contributed by atoms with Crippen LogP contribution in [0.3, 0.4) is 0 Å². The van der Waals surface area contributed by atoms with Crippen LogP contribution < -0.4 is 5.32 Å². The van der Waals surface area contributed by atoms with Crippen LogP contribution >= 0.6 is 0 Å². The Morgan fingerprint density at radius 2 is 0.833 bits per heavy atom. The Morgan fingerprint density at radius 3 is 1.20 bits per heavy atom. The molecule has 54 heavy (non-hydrogen) atoms. The van der Waals surface area contributed by atoms with Crippen LogP contribution in [0.1, 0.15) is 239 Å². The van der Waals surface area contributed by atoms with Crippen molar-refractivity contribution in [3.8, 4) is 0 Å². The highest BCUT2D eigenvalue weighted by Crippen LogP contribution is 2.15. The molecule has 7 heteroatoms. The molecule has 1 amide bonds. The Morgan fingerprint density at radius 1 is 0.500 bits per heavy atom. The molecule has 0 heterocycles. The quantitative estimate of drug-likeness (QED) is 0.0325. The van der Waals surface area contributed by atoms with Crippen LogP contribution in [-0.4, -0.2) is 41.9 Å². The molecule has 0 aromatic rings. The fourth-order valence-corrected chi connectivity index (χ4v) is 7.80. The number of hydrogen-bond acceptors (Lipinski definition) is 4. The maximum absolute atomic E-state index is 12.6. The molecule has 2 atom stereocenters. The van der Waals surface area contributed by atoms with E-state index in [2.05, 4.69) is 43.5 Å². The third-order valence-corrected chi connectivity index (χ3v) is 11.3. The normalized spacial score (nSPS) is 13.5. The summed E-state index contributed by atoms with van der Waals surface area (Å²) in [5, 5.41) is 13.3.